The fourth-order valence-electron chi connectivity index (χ4n) is 1.85. The zero-order chi connectivity index (χ0) is 12.1. The van der Waals surface area contributed by atoms with E-state index in [0.717, 1.165) is 37.1 Å². The summed E-state index contributed by atoms with van der Waals surface area (Å²) in [5.74, 6) is 0.731. The molecule has 1 aromatic rings. The van der Waals surface area contributed by atoms with Crippen molar-refractivity contribution < 1.29 is 4.74 Å². The van der Waals surface area contributed by atoms with E-state index in [1.54, 1.807) is 13.3 Å². The third kappa shape index (κ3) is 3.98. The Kier molecular flexibility index (Phi) is 4.34. The van der Waals surface area contributed by atoms with Crippen molar-refractivity contribution >= 4 is 0 Å². The number of nitrogens with zero attached hydrogens (tertiary/aromatic N) is 2. The molecule has 1 aromatic heterocycles. The molecule has 0 radical (unpaired) electrons. The number of likely N-dealkylation sites (N-methyl/N-ethyl adjacent to an activating group) is 1. The number of pyridine rings is 1. The molecule has 1 fully saturated rings. The Labute approximate surface area is 103 Å². The molecule has 0 aromatic carbocycles. The minimum Gasteiger partial charge on any atom is -0.481 e. The zero-order valence-corrected chi connectivity index (χ0v) is 10.6. The van der Waals surface area contributed by atoms with Crippen molar-refractivity contribution in [3.05, 3.63) is 23.9 Å². The van der Waals surface area contributed by atoms with Crippen LogP contribution in [-0.4, -0.2) is 43.2 Å². The molecular formula is C13H21N3O. The Balaban J connectivity index is 1.77. The predicted octanol–water partition coefficient (Wildman–Crippen LogP) is 1.27. The maximum Gasteiger partial charge on any atom is 0.217 e. The molecule has 4 nitrogen and oxygen atoms in total. The highest BCUT2D eigenvalue weighted by Crippen LogP contribution is 2.18. The third-order valence-electron chi connectivity index (χ3n) is 2.99. The molecule has 17 heavy (non-hydrogen) atoms. The summed E-state index contributed by atoms with van der Waals surface area (Å²) in [4.78, 5) is 6.49. The largest absolute Gasteiger partial charge is 0.481 e. The van der Waals surface area contributed by atoms with Crippen LogP contribution in [0.25, 0.3) is 0 Å². The lowest BCUT2D eigenvalue weighted by atomic mass is 10.2. The second-order valence-electron chi connectivity index (χ2n) is 4.64. The smallest absolute Gasteiger partial charge is 0.217 e. The van der Waals surface area contributed by atoms with Gasteiger partial charge in [0.25, 0.3) is 0 Å². The molecule has 1 aliphatic carbocycles. The monoisotopic (exact) mass is 235 g/mol. The maximum atomic E-state index is 5.25. The molecule has 0 bridgehead atoms. The average Bonchev–Trinajstić information content (AvgIpc) is 3.14. The molecule has 4 heteroatoms. The van der Waals surface area contributed by atoms with Crippen LogP contribution < -0.4 is 10.1 Å². The summed E-state index contributed by atoms with van der Waals surface area (Å²) < 4.78 is 5.25. The highest BCUT2D eigenvalue weighted by Gasteiger charge is 2.19. The molecule has 1 heterocycles. The van der Waals surface area contributed by atoms with E-state index in [9.17, 15) is 0 Å². The number of aromatic nitrogens is 1. The fraction of sp³-hybridized carbons (Fsp3) is 0.615. The summed E-state index contributed by atoms with van der Waals surface area (Å²) in [7, 11) is 3.79. The third-order valence-corrected chi connectivity index (χ3v) is 2.99. The van der Waals surface area contributed by atoms with E-state index >= 15 is 0 Å². The summed E-state index contributed by atoms with van der Waals surface area (Å²) in [5.41, 5.74) is 1.14. The SMILES string of the molecule is COc1ncccc1CN(C)CCNC1CC1. The summed E-state index contributed by atoms with van der Waals surface area (Å²) in [6.45, 7) is 2.99. The summed E-state index contributed by atoms with van der Waals surface area (Å²) in [5, 5.41) is 3.51. The molecule has 0 unspecified atom stereocenters. The van der Waals surface area contributed by atoms with E-state index in [2.05, 4.69) is 28.3 Å². The summed E-state index contributed by atoms with van der Waals surface area (Å²) in [6.07, 6.45) is 4.46. The van der Waals surface area contributed by atoms with Crippen molar-refractivity contribution in [2.45, 2.75) is 25.4 Å². The van der Waals surface area contributed by atoms with Gasteiger partial charge in [0.2, 0.25) is 5.88 Å². The highest BCUT2D eigenvalue weighted by molar-refractivity contribution is 5.25. The summed E-state index contributed by atoms with van der Waals surface area (Å²) in [6, 6.07) is 4.81. The Morgan fingerprint density at radius 3 is 3.06 bits per heavy atom. The van der Waals surface area contributed by atoms with Gasteiger partial charge in [-0.2, -0.15) is 0 Å². The molecule has 94 valence electrons. The molecular weight excluding hydrogens is 214 g/mol. The van der Waals surface area contributed by atoms with Crippen molar-refractivity contribution in [1.82, 2.24) is 15.2 Å². The molecule has 1 N–H and O–H groups in total. The molecule has 0 aliphatic heterocycles. The molecule has 0 saturated heterocycles. The molecule has 0 atom stereocenters. The van der Waals surface area contributed by atoms with E-state index in [-0.39, 0.29) is 0 Å². The average molecular weight is 235 g/mol. The topological polar surface area (TPSA) is 37.4 Å². The number of hydrogen-bond donors (Lipinski definition) is 1. The van der Waals surface area contributed by atoms with Crippen molar-refractivity contribution in [3.63, 3.8) is 0 Å². The van der Waals surface area contributed by atoms with Gasteiger partial charge in [0.15, 0.2) is 0 Å². The van der Waals surface area contributed by atoms with Crippen molar-refractivity contribution in [2.75, 3.05) is 27.2 Å². The molecule has 0 spiro atoms. The number of nitrogens with one attached hydrogen (secondary N) is 1. The van der Waals surface area contributed by atoms with Crippen LogP contribution in [0.5, 0.6) is 5.88 Å². The second kappa shape index (κ2) is 5.98. The highest BCUT2D eigenvalue weighted by atomic mass is 16.5. The maximum absolute atomic E-state index is 5.25. The minimum atomic E-state index is 0.731. The first-order chi connectivity index (χ1) is 8.29. The van der Waals surface area contributed by atoms with Gasteiger partial charge in [-0.25, -0.2) is 4.98 Å². The number of rotatable bonds is 7. The quantitative estimate of drug-likeness (QED) is 0.772. The second-order valence-corrected chi connectivity index (χ2v) is 4.64. The number of ether oxygens (including phenoxy) is 1. The van der Waals surface area contributed by atoms with Gasteiger partial charge in [-0.1, -0.05) is 6.07 Å². The van der Waals surface area contributed by atoms with Gasteiger partial charge in [-0.15, -0.1) is 0 Å². The molecule has 1 aliphatic rings. The molecule has 2 rings (SSSR count). The van der Waals surface area contributed by atoms with Crippen molar-refractivity contribution in [2.24, 2.45) is 0 Å². The van der Waals surface area contributed by atoms with Crippen molar-refractivity contribution in [1.29, 1.82) is 0 Å². The van der Waals surface area contributed by atoms with E-state index in [1.165, 1.54) is 12.8 Å². The van der Waals surface area contributed by atoms with Crippen LogP contribution in [0.15, 0.2) is 18.3 Å². The fourth-order valence-corrected chi connectivity index (χ4v) is 1.85. The van der Waals surface area contributed by atoms with Crippen LogP contribution in [0, 0.1) is 0 Å². The standard InChI is InChI=1S/C13H21N3O/c1-16(9-8-14-12-5-6-12)10-11-4-3-7-15-13(11)17-2/h3-4,7,12,14H,5-6,8-10H2,1-2H3. The van der Waals surface area contributed by atoms with Crippen LogP contribution >= 0.6 is 0 Å². The lowest BCUT2D eigenvalue weighted by Crippen LogP contribution is -2.30. The Morgan fingerprint density at radius 1 is 1.53 bits per heavy atom. The van der Waals surface area contributed by atoms with Crippen LogP contribution in [-0.2, 0) is 6.54 Å². The molecule has 0 amide bonds. The van der Waals surface area contributed by atoms with E-state index < -0.39 is 0 Å². The van der Waals surface area contributed by atoms with Gasteiger partial charge in [0.05, 0.1) is 7.11 Å². The first kappa shape index (κ1) is 12.3. The van der Waals surface area contributed by atoms with Crippen LogP contribution in [0.1, 0.15) is 18.4 Å². The lowest BCUT2D eigenvalue weighted by Gasteiger charge is -2.18. The number of hydrogen-bond acceptors (Lipinski definition) is 4. The number of methoxy groups -OCH3 is 1. The zero-order valence-electron chi connectivity index (χ0n) is 10.6. The molecule has 1 saturated carbocycles. The first-order valence-electron chi connectivity index (χ1n) is 6.19. The van der Waals surface area contributed by atoms with Gasteiger partial charge >= 0.3 is 0 Å². The van der Waals surface area contributed by atoms with Gasteiger partial charge < -0.3 is 15.0 Å². The van der Waals surface area contributed by atoms with Crippen molar-refractivity contribution in [3.8, 4) is 5.88 Å². The van der Waals surface area contributed by atoms with E-state index in [4.69, 9.17) is 4.74 Å². The Morgan fingerprint density at radius 2 is 2.35 bits per heavy atom. The Bertz CT molecular complexity index is 352. The van der Waals surface area contributed by atoms with Crippen LogP contribution in [0.2, 0.25) is 0 Å². The van der Waals surface area contributed by atoms with E-state index in [1.807, 2.05) is 6.07 Å². The van der Waals surface area contributed by atoms with Crippen LogP contribution in [0.4, 0.5) is 0 Å². The van der Waals surface area contributed by atoms with E-state index in [0.29, 0.717) is 0 Å². The van der Waals surface area contributed by atoms with Gasteiger partial charge in [0, 0.05) is 37.4 Å². The normalized spacial score (nSPS) is 15.2. The van der Waals surface area contributed by atoms with Gasteiger partial charge in [-0.05, 0) is 26.0 Å². The Hall–Kier alpha value is -1.13. The van der Waals surface area contributed by atoms with Gasteiger partial charge in [0.1, 0.15) is 0 Å². The predicted molar refractivity (Wildman–Crippen MR) is 68.1 cm³/mol. The van der Waals surface area contributed by atoms with Crippen LogP contribution in [0.3, 0.4) is 0 Å². The summed E-state index contributed by atoms with van der Waals surface area (Å²) >= 11 is 0. The minimum absolute atomic E-state index is 0.731. The first-order valence-corrected chi connectivity index (χ1v) is 6.19. The lowest BCUT2D eigenvalue weighted by molar-refractivity contribution is 0.312. The van der Waals surface area contributed by atoms with Gasteiger partial charge in [-0.3, -0.25) is 0 Å².